The number of carbonyl (C=O) groups excluding carboxylic acids is 1. The van der Waals surface area contributed by atoms with E-state index >= 15 is 0 Å². The Bertz CT molecular complexity index is 222. The Morgan fingerprint density at radius 3 is 2.58 bits per heavy atom. The highest BCUT2D eigenvalue weighted by atomic mass is 16.8. The topological polar surface area (TPSA) is 35.5 Å². The van der Waals surface area contributed by atoms with Crippen LogP contribution < -0.4 is 0 Å². The van der Waals surface area contributed by atoms with Gasteiger partial charge in [-0.2, -0.15) is 0 Å². The summed E-state index contributed by atoms with van der Waals surface area (Å²) in [5.74, 6) is -0.354. The number of hydrogen-bond donors (Lipinski definition) is 0. The summed E-state index contributed by atoms with van der Waals surface area (Å²) in [6, 6.07) is 0. The third-order valence-electron chi connectivity index (χ3n) is 2.59. The van der Waals surface area contributed by atoms with Gasteiger partial charge in [-0.1, -0.05) is 0 Å². The highest BCUT2D eigenvalue weighted by Gasteiger charge is 2.52. The summed E-state index contributed by atoms with van der Waals surface area (Å²) in [7, 11) is 0. The van der Waals surface area contributed by atoms with Gasteiger partial charge < -0.3 is 9.47 Å². The van der Waals surface area contributed by atoms with E-state index in [1.807, 2.05) is 13.8 Å². The van der Waals surface area contributed by atoms with E-state index in [4.69, 9.17) is 9.47 Å². The molecule has 0 bridgehead atoms. The molecule has 68 valence electrons. The van der Waals surface area contributed by atoms with Crippen molar-refractivity contribution < 1.29 is 14.3 Å². The van der Waals surface area contributed by atoms with Gasteiger partial charge in [-0.05, 0) is 26.7 Å². The Labute approximate surface area is 72.0 Å². The summed E-state index contributed by atoms with van der Waals surface area (Å²) in [4.78, 5) is 11.5. The Morgan fingerprint density at radius 1 is 1.42 bits per heavy atom. The lowest BCUT2D eigenvalue weighted by atomic mass is 10.0. The van der Waals surface area contributed by atoms with Gasteiger partial charge in [-0.15, -0.1) is 0 Å². The second-order valence-corrected chi connectivity index (χ2v) is 4.06. The molecule has 0 amide bonds. The van der Waals surface area contributed by atoms with Gasteiger partial charge in [0, 0.05) is 6.42 Å². The molecular weight excluding hydrogens is 156 g/mol. The lowest BCUT2D eigenvalue weighted by Crippen LogP contribution is -2.38. The third-order valence-corrected chi connectivity index (χ3v) is 2.59. The molecular formula is C9H14O3. The van der Waals surface area contributed by atoms with Crippen LogP contribution in [0, 0.1) is 0 Å². The maximum atomic E-state index is 11.5. The van der Waals surface area contributed by atoms with Crippen LogP contribution in [0.1, 0.15) is 33.1 Å². The first kappa shape index (κ1) is 8.20. The molecule has 1 heterocycles. The van der Waals surface area contributed by atoms with Crippen LogP contribution >= 0.6 is 0 Å². The van der Waals surface area contributed by atoms with Crippen molar-refractivity contribution in [3.63, 3.8) is 0 Å². The Hall–Kier alpha value is -0.410. The Morgan fingerprint density at radius 2 is 2.17 bits per heavy atom. The van der Waals surface area contributed by atoms with Gasteiger partial charge in [0.05, 0.1) is 6.61 Å². The molecule has 0 N–H and O–H groups in total. The van der Waals surface area contributed by atoms with Crippen molar-refractivity contribution in [2.45, 2.75) is 44.5 Å². The minimum absolute atomic E-state index is 0.216. The van der Waals surface area contributed by atoms with Crippen LogP contribution in [0.3, 0.4) is 0 Å². The number of carbonyl (C=O) groups is 1. The van der Waals surface area contributed by atoms with Gasteiger partial charge in [0.2, 0.25) is 0 Å². The summed E-state index contributed by atoms with van der Waals surface area (Å²) in [5, 5.41) is 0. The number of ketones is 1. The first-order chi connectivity index (χ1) is 5.54. The Balaban J connectivity index is 2.19. The fraction of sp³-hybridized carbons (Fsp3) is 0.889. The van der Waals surface area contributed by atoms with Crippen LogP contribution in [0.5, 0.6) is 0 Å². The number of ether oxygens (including phenoxy) is 2. The van der Waals surface area contributed by atoms with Crippen LogP contribution in [0.2, 0.25) is 0 Å². The molecule has 2 fully saturated rings. The molecule has 1 atom stereocenters. The molecule has 0 aromatic carbocycles. The van der Waals surface area contributed by atoms with E-state index in [1.165, 1.54) is 0 Å². The van der Waals surface area contributed by atoms with Crippen molar-refractivity contribution in [1.82, 2.24) is 0 Å². The average Bonchev–Trinajstić information content (AvgIpc) is 2.43. The molecule has 1 saturated heterocycles. The van der Waals surface area contributed by atoms with Gasteiger partial charge in [0.25, 0.3) is 0 Å². The zero-order chi connectivity index (χ0) is 8.82. The van der Waals surface area contributed by atoms with Crippen LogP contribution in [0.25, 0.3) is 0 Å². The molecule has 3 heteroatoms. The molecule has 1 unspecified atom stereocenters. The smallest absolute Gasteiger partial charge is 0.167 e. The normalized spacial score (nSPS) is 39.7. The highest BCUT2D eigenvalue weighted by Crippen LogP contribution is 2.39. The minimum Gasteiger partial charge on any atom is -0.347 e. The van der Waals surface area contributed by atoms with Crippen molar-refractivity contribution in [2.24, 2.45) is 0 Å². The van der Waals surface area contributed by atoms with E-state index in [0.717, 1.165) is 12.8 Å². The first-order valence-corrected chi connectivity index (χ1v) is 4.42. The molecule has 12 heavy (non-hydrogen) atoms. The summed E-state index contributed by atoms with van der Waals surface area (Å²) in [5.41, 5.74) is -0.580. The number of hydrogen-bond acceptors (Lipinski definition) is 3. The predicted molar refractivity (Wildman–Crippen MR) is 42.7 cm³/mol. The summed E-state index contributed by atoms with van der Waals surface area (Å²) < 4.78 is 11.0. The monoisotopic (exact) mass is 170 g/mol. The molecule has 0 aromatic heterocycles. The van der Waals surface area contributed by atoms with Crippen molar-refractivity contribution in [3.8, 4) is 0 Å². The van der Waals surface area contributed by atoms with E-state index in [1.54, 1.807) is 0 Å². The third kappa shape index (κ3) is 1.08. The maximum absolute atomic E-state index is 11.5. The van der Waals surface area contributed by atoms with Gasteiger partial charge >= 0.3 is 0 Å². The molecule has 1 aliphatic heterocycles. The summed E-state index contributed by atoms with van der Waals surface area (Å²) in [6.45, 7) is 4.15. The van der Waals surface area contributed by atoms with Crippen LogP contribution in [-0.4, -0.2) is 23.8 Å². The number of Topliss-reactive ketones (excluding diaryl/α,β-unsaturated/α-hetero) is 1. The average molecular weight is 170 g/mol. The van der Waals surface area contributed by atoms with Gasteiger partial charge in [0.15, 0.2) is 17.2 Å². The quantitative estimate of drug-likeness (QED) is 0.549. The second-order valence-electron chi connectivity index (χ2n) is 4.06. The van der Waals surface area contributed by atoms with Crippen molar-refractivity contribution in [3.05, 3.63) is 0 Å². The predicted octanol–water partition coefficient (Wildman–Crippen LogP) is 1.26. The van der Waals surface area contributed by atoms with E-state index < -0.39 is 11.4 Å². The van der Waals surface area contributed by atoms with E-state index in [-0.39, 0.29) is 5.78 Å². The highest BCUT2D eigenvalue weighted by molar-refractivity contribution is 5.89. The van der Waals surface area contributed by atoms with Crippen LogP contribution in [0.4, 0.5) is 0 Å². The molecule has 1 spiro atoms. The summed E-state index contributed by atoms with van der Waals surface area (Å²) >= 11 is 0. The second kappa shape index (κ2) is 2.30. The first-order valence-electron chi connectivity index (χ1n) is 4.42. The molecule has 0 aromatic rings. The van der Waals surface area contributed by atoms with Crippen LogP contribution in [-0.2, 0) is 14.3 Å². The van der Waals surface area contributed by atoms with Gasteiger partial charge in [-0.3, -0.25) is 4.79 Å². The molecule has 0 radical (unpaired) electrons. The molecule has 1 saturated carbocycles. The largest absolute Gasteiger partial charge is 0.347 e. The lowest BCUT2D eigenvalue weighted by Gasteiger charge is -2.22. The van der Waals surface area contributed by atoms with Crippen molar-refractivity contribution in [2.75, 3.05) is 6.61 Å². The van der Waals surface area contributed by atoms with E-state index in [0.29, 0.717) is 13.0 Å². The van der Waals surface area contributed by atoms with Crippen LogP contribution in [0.15, 0.2) is 0 Å². The molecule has 1 aliphatic carbocycles. The summed E-state index contributed by atoms with van der Waals surface area (Å²) in [6.07, 6.45) is 2.42. The van der Waals surface area contributed by atoms with Gasteiger partial charge in [0.1, 0.15) is 0 Å². The number of rotatable bonds is 0. The molecule has 3 nitrogen and oxygen atoms in total. The SMILES string of the molecule is CC1(C)OCC2(CCCC2=O)O1. The maximum Gasteiger partial charge on any atom is 0.167 e. The molecule has 2 aliphatic rings. The van der Waals surface area contributed by atoms with Crippen molar-refractivity contribution in [1.29, 1.82) is 0 Å². The fourth-order valence-electron chi connectivity index (χ4n) is 1.98. The zero-order valence-electron chi connectivity index (χ0n) is 7.55. The van der Waals surface area contributed by atoms with E-state index in [9.17, 15) is 4.79 Å². The van der Waals surface area contributed by atoms with E-state index in [2.05, 4.69) is 0 Å². The Kier molecular flexibility index (Phi) is 1.57. The molecule has 2 rings (SSSR count). The standard InChI is InChI=1S/C9H14O3/c1-8(2)11-6-9(12-8)5-3-4-7(9)10/h3-6H2,1-2H3. The fourth-order valence-corrected chi connectivity index (χ4v) is 1.98. The zero-order valence-corrected chi connectivity index (χ0v) is 7.55. The van der Waals surface area contributed by atoms with Gasteiger partial charge in [-0.25, -0.2) is 0 Å². The lowest BCUT2D eigenvalue weighted by molar-refractivity contribution is -0.168. The van der Waals surface area contributed by atoms with Crippen molar-refractivity contribution >= 4 is 5.78 Å². The minimum atomic E-state index is -0.580.